The van der Waals surface area contributed by atoms with Gasteiger partial charge in [-0.3, -0.25) is 14.2 Å². The number of rotatable bonds is 5. The highest BCUT2D eigenvalue weighted by molar-refractivity contribution is 7.18. The summed E-state index contributed by atoms with van der Waals surface area (Å²) in [6, 6.07) is 0. The predicted octanol–water partition coefficient (Wildman–Crippen LogP) is 3.87. The minimum absolute atomic E-state index is 0.0130. The fraction of sp³-hybridized carbons (Fsp3) is 0.667. The highest BCUT2D eigenvalue weighted by Gasteiger charge is 2.31. The van der Waals surface area contributed by atoms with Crippen LogP contribution in [0.25, 0.3) is 10.2 Å². The molecule has 5 nitrogen and oxygen atoms in total. The van der Waals surface area contributed by atoms with Crippen molar-refractivity contribution in [1.29, 1.82) is 0 Å². The predicted molar refractivity (Wildman–Crippen MR) is 111 cm³/mol. The second-order valence-corrected chi connectivity index (χ2v) is 9.63. The van der Waals surface area contributed by atoms with E-state index in [1.807, 2.05) is 13.8 Å². The molecule has 3 rings (SSSR count). The first-order valence-electron chi connectivity index (χ1n) is 10.0. The minimum Gasteiger partial charge on any atom is -0.343 e. The van der Waals surface area contributed by atoms with Gasteiger partial charge in [0.05, 0.1) is 11.7 Å². The molecule has 148 valence electrons. The third-order valence-electron chi connectivity index (χ3n) is 5.94. The Morgan fingerprint density at radius 1 is 1.33 bits per heavy atom. The number of amides is 1. The van der Waals surface area contributed by atoms with Crippen molar-refractivity contribution in [2.75, 3.05) is 13.1 Å². The molecule has 1 unspecified atom stereocenters. The Morgan fingerprint density at radius 3 is 2.67 bits per heavy atom. The third kappa shape index (κ3) is 3.96. The van der Waals surface area contributed by atoms with Gasteiger partial charge in [-0.2, -0.15) is 0 Å². The molecule has 2 heterocycles. The van der Waals surface area contributed by atoms with Gasteiger partial charge >= 0.3 is 0 Å². The lowest BCUT2D eigenvalue weighted by molar-refractivity contribution is -0.131. The van der Waals surface area contributed by atoms with E-state index in [-0.39, 0.29) is 16.9 Å². The van der Waals surface area contributed by atoms with Crippen molar-refractivity contribution in [2.45, 2.75) is 66.8 Å². The summed E-state index contributed by atoms with van der Waals surface area (Å²) in [7, 11) is 0. The van der Waals surface area contributed by atoms with Gasteiger partial charge in [-0.15, -0.1) is 11.3 Å². The van der Waals surface area contributed by atoms with E-state index in [1.54, 1.807) is 27.1 Å². The van der Waals surface area contributed by atoms with Gasteiger partial charge < -0.3 is 4.90 Å². The molecule has 0 bridgehead atoms. The molecule has 6 heteroatoms. The van der Waals surface area contributed by atoms with Gasteiger partial charge in [-0.1, -0.05) is 20.8 Å². The topological polar surface area (TPSA) is 55.2 Å². The molecular formula is C21H31N3O2S. The van der Waals surface area contributed by atoms with Crippen LogP contribution in [0.2, 0.25) is 0 Å². The molecule has 27 heavy (non-hydrogen) atoms. The first kappa shape index (κ1) is 20.1. The largest absolute Gasteiger partial charge is 0.343 e. The summed E-state index contributed by atoms with van der Waals surface area (Å²) in [5, 5.41) is 0.792. The van der Waals surface area contributed by atoms with Crippen LogP contribution >= 0.6 is 11.3 Å². The summed E-state index contributed by atoms with van der Waals surface area (Å²) in [5.41, 5.74) is 1.50. The smallest absolute Gasteiger partial charge is 0.262 e. The van der Waals surface area contributed by atoms with Gasteiger partial charge in [-0.25, -0.2) is 4.98 Å². The summed E-state index contributed by atoms with van der Waals surface area (Å²) in [4.78, 5) is 33.9. The van der Waals surface area contributed by atoms with Crippen molar-refractivity contribution < 1.29 is 4.79 Å². The van der Waals surface area contributed by atoms with E-state index >= 15 is 0 Å². The van der Waals surface area contributed by atoms with E-state index in [0.29, 0.717) is 32.0 Å². The number of carbonyl (C=O) groups excluding carboxylic acids is 1. The molecule has 1 amide bonds. The zero-order chi connectivity index (χ0) is 19.8. The standard InChI is InChI=1S/C21H31N3O2S/c1-6-23(7-2)17(25)10-11-24-13-22-19-18(20(24)26)15-9-8-14(21(3,4)5)12-16(15)27-19/h13-14H,6-12H2,1-5H3. The number of hydrogen-bond donors (Lipinski definition) is 0. The Kier molecular flexibility index (Phi) is 5.75. The Morgan fingerprint density at radius 2 is 2.04 bits per heavy atom. The van der Waals surface area contributed by atoms with Crippen molar-refractivity contribution in [3.63, 3.8) is 0 Å². The van der Waals surface area contributed by atoms with Crippen LogP contribution in [-0.2, 0) is 24.2 Å². The summed E-state index contributed by atoms with van der Waals surface area (Å²) < 4.78 is 1.62. The van der Waals surface area contributed by atoms with Crippen LogP contribution in [0.5, 0.6) is 0 Å². The number of aromatic nitrogens is 2. The number of aryl methyl sites for hydroxylation is 2. The molecule has 2 aromatic heterocycles. The maximum atomic E-state index is 13.1. The zero-order valence-corrected chi connectivity index (χ0v) is 18.0. The molecule has 2 aromatic rings. The Labute approximate surface area is 165 Å². The second kappa shape index (κ2) is 7.74. The average Bonchev–Trinajstić information content (AvgIpc) is 3.00. The van der Waals surface area contributed by atoms with Crippen LogP contribution in [0, 0.1) is 11.3 Å². The maximum absolute atomic E-state index is 13.1. The fourth-order valence-corrected chi connectivity index (χ4v) is 5.31. The Hall–Kier alpha value is -1.69. The molecule has 0 fully saturated rings. The van der Waals surface area contributed by atoms with Crippen LogP contribution < -0.4 is 5.56 Å². The van der Waals surface area contributed by atoms with E-state index in [9.17, 15) is 9.59 Å². The van der Waals surface area contributed by atoms with Crippen LogP contribution in [0.3, 0.4) is 0 Å². The number of carbonyl (C=O) groups is 1. The van der Waals surface area contributed by atoms with Crippen molar-refractivity contribution in [1.82, 2.24) is 14.5 Å². The van der Waals surface area contributed by atoms with Gasteiger partial charge in [0.15, 0.2) is 0 Å². The number of nitrogens with zero attached hydrogens (tertiary/aromatic N) is 3. The summed E-state index contributed by atoms with van der Waals surface area (Å²) >= 11 is 1.68. The lowest BCUT2D eigenvalue weighted by Crippen LogP contribution is -2.32. The van der Waals surface area contributed by atoms with E-state index in [0.717, 1.165) is 29.5 Å². The molecule has 0 aliphatic heterocycles. The summed E-state index contributed by atoms with van der Waals surface area (Å²) in [5.74, 6) is 0.736. The van der Waals surface area contributed by atoms with Gasteiger partial charge in [0.1, 0.15) is 4.83 Å². The van der Waals surface area contributed by atoms with Crippen LogP contribution in [0.4, 0.5) is 0 Å². The highest BCUT2D eigenvalue weighted by Crippen LogP contribution is 2.41. The molecule has 0 N–H and O–H groups in total. The molecule has 0 spiro atoms. The summed E-state index contributed by atoms with van der Waals surface area (Å²) in [6.45, 7) is 12.7. The normalized spacial score (nSPS) is 17.1. The lowest BCUT2D eigenvalue weighted by atomic mass is 9.72. The van der Waals surface area contributed by atoms with Crippen molar-refractivity contribution >= 4 is 27.5 Å². The Bertz CT molecular complexity index is 887. The molecule has 0 saturated carbocycles. The van der Waals surface area contributed by atoms with Gasteiger partial charge in [0.25, 0.3) is 5.56 Å². The molecule has 0 aromatic carbocycles. The number of thiophene rings is 1. The fourth-order valence-electron chi connectivity index (χ4n) is 4.05. The van der Waals surface area contributed by atoms with Gasteiger partial charge in [-0.05, 0) is 50.0 Å². The minimum atomic E-state index is 0.0130. The number of fused-ring (bicyclic) bond motifs is 3. The molecule has 0 radical (unpaired) electrons. The van der Waals surface area contributed by atoms with E-state index in [4.69, 9.17) is 0 Å². The summed E-state index contributed by atoms with van der Waals surface area (Å²) in [6.07, 6.45) is 5.07. The Balaban J connectivity index is 1.86. The second-order valence-electron chi connectivity index (χ2n) is 8.55. The van der Waals surface area contributed by atoms with E-state index < -0.39 is 0 Å². The molecule has 0 saturated heterocycles. The average molecular weight is 390 g/mol. The van der Waals surface area contributed by atoms with Gasteiger partial charge in [0.2, 0.25) is 5.91 Å². The van der Waals surface area contributed by atoms with Crippen molar-refractivity contribution in [3.8, 4) is 0 Å². The molecule has 1 aliphatic rings. The van der Waals surface area contributed by atoms with E-state index in [2.05, 4.69) is 25.8 Å². The molecule has 1 atom stereocenters. The highest BCUT2D eigenvalue weighted by atomic mass is 32.1. The first-order chi connectivity index (χ1) is 12.8. The first-order valence-corrected chi connectivity index (χ1v) is 10.8. The zero-order valence-electron chi connectivity index (χ0n) is 17.2. The quantitative estimate of drug-likeness (QED) is 0.780. The maximum Gasteiger partial charge on any atom is 0.262 e. The van der Waals surface area contributed by atoms with E-state index in [1.165, 1.54) is 10.4 Å². The molecular weight excluding hydrogens is 358 g/mol. The monoisotopic (exact) mass is 389 g/mol. The van der Waals surface area contributed by atoms with Crippen molar-refractivity contribution in [2.24, 2.45) is 11.3 Å². The SMILES string of the molecule is CCN(CC)C(=O)CCn1cnc2sc3c(c2c1=O)CCC(C(C)(C)C)C3. The van der Waals surface area contributed by atoms with Crippen LogP contribution in [0.1, 0.15) is 57.9 Å². The number of hydrogen-bond acceptors (Lipinski definition) is 4. The van der Waals surface area contributed by atoms with Crippen LogP contribution in [-0.4, -0.2) is 33.4 Å². The lowest BCUT2D eigenvalue weighted by Gasteiger charge is -2.33. The van der Waals surface area contributed by atoms with Gasteiger partial charge in [0, 0.05) is 30.9 Å². The molecule has 1 aliphatic carbocycles. The van der Waals surface area contributed by atoms with Crippen LogP contribution in [0.15, 0.2) is 11.1 Å². The van der Waals surface area contributed by atoms with Crippen molar-refractivity contribution in [3.05, 3.63) is 27.1 Å². The third-order valence-corrected chi connectivity index (χ3v) is 7.11.